The van der Waals surface area contributed by atoms with Gasteiger partial charge in [-0.2, -0.15) is 0 Å². The van der Waals surface area contributed by atoms with E-state index in [-0.39, 0.29) is 5.91 Å². The molecule has 6 heteroatoms. The molecule has 0 N–H and O–H groups in total. The van der Waals surface area contributed by atoms with E-state index in [1.807, 2.05) is 30.3 Å². The summed E-state index contributed by atoms with van der Waals surface area (Å²) in [4.78, 5) is 18.1. The summed E-state index contributed by atoms with van der Waals surface area (Å²) in [5, 5.41) is 0. The lowest BCUT2D eigenvalue weighted by Crippen LogP contribution is -2.24. The van der Waals surface area contributed by atoms with Crippen LogP contribution in [-0.2, 0) is 11.3 Å². The van der Waals surface area contributed by atoms with Gasteiger partial charge in [-0.05, 0) is 35.9 Å². The number of carbonyl (C=O) groups is 1. The summed E-state index contributed by atoms with van der Waals surface area (Å²) in [6, 6.07) is 9.28. The van der Waals surface area contributed by atoms with Gasteiger partial charge in [-0.1, -0.05) is 6.07 Å². The Bertz CT molecular complexity index is 757. The molecule has 1 aromatic heterocycles. The lowest BCUT2D eigenvalue weighted by Gasteiger charge is -2.21. The zero-order valence-corrected chi connectivity index (χ0v) is 14.3. The minimum Gasteiger partial charge on any atom is -0.493 e. The molecular formula is C19H20N2O4. The van der Waals surface area contributed by atoms with Gasteiger partial charge in [0, 0.05) is 19.3 Å². The topological polar surface area (TPSA) is 60.9 Å². The number of pyridine rings is 1. The largest absolute Gasteiger partial charge is 0.493 e. The maximum atomic E-state index is 12.3. The molecule has 0 radical (unpaired) electrons. The van der Waals surface area contributed by atoms with Crippen molar-refractivity contribution in [3.05, 3.63) is 53.9 Å². The number of hydrogen-bond acceptors (Lipinski definition) is 5. The summed E-state index contributed by atoms with van der Waals surface area (Å²) in [7, 11) is 3.32. The van der Waals surface area contributed by atoms with Crippen LogP contribution < -0.4 is 14.2 Å². The van der Waals surface area contributed by atoms with Gasteiger partial charge in [0.25, 0.3) is 0 Å². The highest BCUT2D eigenvalue weighted by Gasteiger charge is 2.18. The Morgan fingerprint density at radius 1 is 1.32 bits per heavy atom. The van der Waals surface area contributed by atoms with E-state index in [9.17, 15) is 4.79 Å². The van der Waals surface area contributed by atoms with Crippen LogP contribution in [0.4, 0.5) is 0 Å². The SMILES string of the molecule is COc1cc(C=CC(=O)N(C)Cc2ccccn2)cc2c1OCCO2. The molecule has 3 rings (SSSR count). The number of methoxy groups -OCH3 is 1. The number of fused-ring (bicyclic) bond motifs is 1. The molecule has 2 heterocycles. The molecule has 0 unspecified atom stereocenters. The number of carbonyl (C=O) groups excluding carboxylic acids is 1. The normalized spacial score (nSPS) is 12.9. The van der Waals surface area contributed by atoms with Crippen LogP contribution in [0.25, 0.3) is 6.08 Å². The predicted molar refractivity (Wildman–Crippen MR) is 93.7 cm³/mol. The van der Waals surface area contributed by atoms with Gasteiger partial charge < -0.3 is 19.1 Å². The molecule has 1 aliphatic heterocycles. The number of nitrogens with zero attached hydrogens (tertiary/aromatic N) is 2. The number of hydrogen-bond donors (Lipinski definition) is 0. The van der Waals surface area contributed by atoms with Gasteiger partial charge in [-0.15, -0.1) is 0 Å². The third-order valence-corrected chi connectivity index (χ3v) is 3.77. The first-order valence-corrected chi connectivity index (χ1v) is 7.98. The maximum absolute atomic E-state index is 12.3. The maximum Gasteiger partial charge on any atom is 0.246 e. The Morgan fingerprint density at radius 2 is 2.16 bits per heavy atom. The minimum atomic E-state index is -0.112. The molecule has 1 aromatic carbocycles. The molecule has 6 nitrogen and oxygen atoms in total. The molecule has 0 bridgehead atoms. The summed E-state index contributed by atoms with van der Waals surface area (Å²) >= 11 is 0. The summed E-state index contributed by atoms with van der Waals surface area (Å²) < 4.78 is 16.5. The van der Waals surface area contributed by atoms with Crippen LogP contribution in [-0.4, -0.2) is 43.2 Å². The van der Waals surface area contributed by atoms with Crippen LogP contribution in [0.2, 0.25) is 0 Å². The molecule has 2 aromatic rings. The molecule has 0 spiro atoms. The summed E-state index contributed by atoms with van der Waals surface area (Å²) in [5.74, 6) is 1.70. The van der Waals surface area contributed by atoms with Crippen molar-refractivity contribution in [2.24, 2.45) is 0 Å². The van der Waals surface area contributed by atoms with Crippen molar-refractivity contribution >= 4 is 12.0 Å². The van der Waals surface area contributed by atoms with Crippen LogP contribution in [0.1, 0.15) is 11.3 Å². The van der Waals surface area contributed by atoms with Crippen molar-refractivity contribution in [1.82, 2.24) is 9.88 Å². The van der Waals surface area contributed by atoms with Gasteiger partial charge in [-0.3, -0.25) is 9.78 Å². The van der Waals surface area contributed by atoms with E-state index in [1.54, 1.807) is 31.3 Å². The van der Waals surface area contributed by atoms with E-state index < -0.39 is 0 Å². The zero-order valence-electron chi connectivity index (χ0n) is 14.3. The molecule has 1 aliphatic rings. The highest BCUT2D eigenvalue weighted by molar-refractivity contribution is 5.91. The van der Waals surface area contributed by atoms with Crippen LogP contribution in [0.3, 0.4) is 0 Å². The molecule has 0 saturated heterocycles. The smallest absolute Gasteiger partial charge is 0.246 e. The lowest BCUT2D eigenvalue weighted by atomic mass is 10.1. The number of benzene rings is 1. The zero-order chi connectivity index (χ0) is 17.6. The fourth-order valence-corrected chi connectivity index (χ4v) is 2.50. The average molecular weight is 340 g/mol. The van der Waals surface area contributed by atoms with Crippen molar-refractivity contribution in [3.63, 3.8) is 0 Å². The molecule has 130 valence electrons. The first-order chi connectivity index (χ1) is 12.2. The highest BCUT2D eigenvalue weighted by Crippen LogP contribution is 2.40. The van der Waals surface area contributed by atoms with Crippen molar-refractivity contribution in [2.45, 2.75) is 6.54 Å². The van der Waals surface area contributed by atoms with Crippen LogP contribution in [0.5, 0.6) is 17.2 Å². The fourth-order valence-electron chi connectivity index (χ4n) is 2.50. The second kappa shape index (κ2) is 7.70. The number of amides is 1. The highest BCUT2D eigenvalue weighted by atomic mass is 16.6. The Labute approximate surface area is 146 Å². The number of rotatable bonds is 5. The molecule has 0 atom stereocenters. The fraction of sp³-hybridized carbons (Fsp3) is 0.263. The van der Waals surface area contributed by atoms with Crippen LogP contribution in [0.15, 0.2) is 42.6 Å². The number of likely N-dealkylation sites (N-methyl/N-ethyl adjacent to an activating group) is 1. The Kier molecular flexibility index (Phi) is 5.18. The summed E-state index contributed by atoms with van der Waals surface area (Å²) in [6.45, 7) is 1.44. The second-order valence-corrected chi connectivity index (χ2v) is 5.60. The van der Waals surface area contributed by atoms with Crippen molar-refractivity contribution in [3.8, 4) is 17.2 Å². The lowest BCUT2D eigenvalue weighted by molar-refractivity contribution is -0.125. The van der Waals surface area contributed by atoms with Gasteiger partial charge in [0.1, 0.15) is 13.2 Å². The van der Waals surface area contributed by atoms with E-state index in [2.05, 4.69) is 4.98 Å². The third-order valence-electron chi connectivity index (χ3n) is 3.77. The van der Waals surface area contributed by atoms with Gasteiger partial charge in [0.05, 0.1) is 19.3 Å². The second-order valence-electron chi connectivity index (χ2n) is 5.60. The molecule has 0 aliphatic carbocycles. The molecule has 0 saturated carbocycles. The van der Waals surface area contributed by atoms with Gasteiger partial charge in [-0.25, -0.2) is 0 Å². The van der Waals surface area contributed by atoms with Crippen molar-refractivity contribution in [1.29, 1.82) is 0 Å². The Morgan fingerprint density at radius 3 is 2.92 bits per heavy atom. The third kappa shape index (κ3) is 4.09. The van der Waals surface area contributed by atoms with E-state index in [4.69, 9.17) is 14.2 Å². The number of ether oxygens (including phenoxy) is 3. The first kappa shape index (κ1) is 16.8. The van der Waals surface area contributed by atoms with E-state index in [0.29, 0.717) is 37.0 Å². The van der Waals surface area contributed by atoms with Gasteiger partial charge in [0.2, 0.25) is 11.7 Å². The monoisotopic (exact) mass is 340 g/mol. The summed E-state index contributed by atoms with van der Waals surface area (Å²) in [6.07, 6.45) is 4.97. The van der Waals surface area contributed by atoms with Crippen molar-refractivity contribution < 1.29 is 19.0 Å². The van der Waals surface area contributed by atoms with E-state index in [0.717, 1.165) is 11.3 Å². The Hall–Kier alpha value is -3.02. The quantitative estimate of drug-likeness (QED) is 0.783. The average Bonchev–Trinajstić information content (AvgIpc) is 2.66. The summed E-state index contributed by atoms with van der Waals surface area (Å²) in [5.41, 5.74) is 1.65. The standard InChI is InChI=1S/C19H20N2O4/c1-21(13-15-5-3-4-8-20-15)18(22)7-6-14-11-16(23-2)19-17(12-14)24-9-10-25-19/h3-8,11-12H,9-10,13H2,1-2H3. The molecule has 25 heavy (non-hydrogen) atoms. The molecule has 0 fully saturated rings. The van der Waals surface area contributed by atoms with E-state index in [1.165, 1.54) is 6.08 Å². The Balaban J connectivity index is 1.71. The van der Waals surface area contributed by atoms with Crippen LogP contribution >= 0.6 is 0 Å². The van der Waals surface area contributed by atoms with E-state index >= 15 is 0 Å². The molecular weight excluding hydrogens is 320 g/mol. The minimum absolute atomic E-state index is 0.112. The molecule has 1 amide bonds. The van der Waals surface area contributed by atoms with Crippen molar-refractivity contribution in [2.75, 3.05) is 27.4 Å². The van der Waals surface area contributed by atoms with Gasteiger partial charge in [0.15, 0.2) is 11.5 Å². The first-order valence-electron chi connectivity index (χ1n) is 7.98. The van der Waals surface area contributed by atoms with Gasteiger partial charge >= 0.3 is 0 Å². The van der Waals surface area contributed by atoms with Crippen LogP contribution in [0, 0.1) is 0 Å². The number of aromatic nitrogens is 1. The predicted octanol–water partition coefficient (Wildman–Crippen LogP) is 2.53.